The normalized spacial score (nSPS) is 37.0. The average Bonchev–Trinajstić information content (AvgIpc) is 3.36. The zero-order valence-corrected chi connectivity index (χ0v) is 26.9. The quantitative estimate of drug-likeness (QED) is 0.253. The molecule has 0 aromatic heterocycles. The maximum absolute atomic E-state index is 12.6. The fourth-order valence-electron chi connectivity index (χ4n) is 10.6. The van der Waals surface area contributed by atoms with Crippen LogP contribution in [-0.4, -0.2) is 17.9 Å². The molecule has 0 bridgehead atoms. The Labute approximate surface area is 259 Å². The van der Waals surface area contributed by atoms with Gasteiger partial charge in [0.25, 0.3) is 0 Å². The fourth-order valence-corrected chi connectivity index (χ4v) is 10.6. The Bertz CT molecular complexity index is 1350. The van der Waals surface area contributed by atoms with E-state index in [1.807, 2.05) is 0 Å². The van der Waals surface area contributed by atoms with Gasteiger partial charge >= 0.3 is 5.97 Å². The number of ketones is 1. The predicted molar refractivity (Wildman–Crippen MR) is 174 cm³/mol. The second-order valence-corrected chi connectivity index (χ2v) is 14.8. The molecule has 2 aromatic carbocycles. The van der Waals surface area contributed by atoms with Gasteiger partial charge in [0.2, 0.25) is 0 Å². The van der Waals surface area contributed by atoms with Crippen LogP contribution >= 0.6 is 0 Å². The third-order valence-corrected chi connectivity index (χ3v) is 12.9. The summed E-state index contributed by atoms with van der Waals surface area (Å²) in [4.78, 5) is 24.9. The Kier molecular flexibility index (Phi) is 8.31. The molecule has 3 heteroatoms. The highest BCUT2D eigenvalue weighted by Crippen LogP contribution is 2.69. The van der Waals surface area contributed by atoms with Crippen molar-refractivity contribution in [2.75, 3.05) is 0 Å². The number of esters is 1. The molecule has 4 fully saturated rings. The van der Waals surface area contributed by atoms with E-state index in [2.05, 4.69) is 93.6 Å². The van der Waals surface area contributed by atoms with Crippen LogP contribution in [0.25, 0.3) is 5.57 Å². The van der Waals surface area contributed by atoms with Gasteiger partial charge in [-0.2, -0.15) is 0 Å². The van der Waals surface area contributed by atoms with Gasteiger partial charge in [0.05, 0.1) is 0 Å². The van der Waals surface area contributed by atoms with E-state index >= 15 is 0 Å². The predicted octanol–water partition coefficient (Wildman–Crippen LogP) is 9.47. The van der Waals surface area contributed by atoms with Crippen molar-refractivity contribution in [1.82, 2.24) is 0 Å². The highest BCUT2D eigenvalue weighted by Gasteiger charge is 2.64. The first-order valence-electron chi connectivity index (χ1n) is 16.8. The number of benzene rings is 2. The maximum atomic E-state index is 12.6. The second-order valence-electron chi connectivity index (χ2n) is 14.8. The Hall–Kier alpha value is -2.94. The van der Waals surface area contributed by atoms with E-state index in [9.17, 15) is 9.59 Å². The fraction of sp³-hybridized carbons (Fsp3) is 0.550. The molecule has 43 heavy (non-hydrogen) atoms. The maximum Gasteiger partial charge on any atom is 0.302 e. The van der Waals surface area contributed by atoms with Crippen molar-refractivity contribution in [2.45, 2.75) is 92.1 Å². The van der Waals surface area contributed by atoms with Crippen molar-refractivity contribution >= 4 is 17.3 Å². The van der Waals surface area contributed by atoms with E-state index in [4.69, 9.17) is 4.74 Å². The molecule has 0 aliphatic heterocycles. The third-order valence-electron chi connectivity index (χ3n) is 12.9. The monoisotopic (exact) mass is 578 g/mol. The molecule has 4 aliphatic rings. The number of hydrogen-bond donors (Lipinski definition) is 0. The van der Waals surface area contributed by atoms with Gasteiger partial charge in [-0.1, -0.05) is 92.2 Å². The number of fused-ring (bicyclic) bond motifs is 5. The first-order valence-corrected chi connectivity index (χ1v) is 16.8. The minimum Gasteiger partial charge on any atom is -0.462 e. The number of carbonyl (C=O) groups is 2. The molecule has 0 radical (unpaired) electrons. The van der Waals surface area contributed by atoms with Gasteiger partial charge in [0.1, 0.15) is 11.9 Å². The zero-order valence-electron chi connectivity index (χ0n) is 26.9. The zero-order chi connectivity index (χ0) is 30.4. The summed E-state index contributed by atoms with van der Waals surface area (Å²) in [6, 6.07) is 21.3. The number of Topliss-reactive ketones (excluding diaryl/α,β-unsaturated/α-hetero) is 1. The first kappa shape index (κ1) is 30.1. The number of hydrogen-bond acceptors (Lipinski definition) is 3. The summed E-state index contributed by atoms with van der Waals surface area (Å²) < 4.78 is 6.35. The van der Waals surface area contributed by atoms with Crippen LogP contribution in [0.15, 0.2) is 78.4 Å². The Morgan fingerprint density at radius 1 is 0.767 bits per heavy atom. The highest BCUT2D eigenvalue weighted by atomic mass is 16.5. The van der Waals surface area contributed by atoms with Crippen molar-refractivity contribution in [1.29, 1.82) is 0 Å². The summed E-state index contributed by atoms with van der Waals surface area (Å²) in [6.45, 7) is 10.7. The molecule has 2 aromatic rings. The summed E-state index contributed by atoms with van der Waals surface area (Å²) in [6.07, 6.45) is 13.6. The summed E-state index contributed by atoms with van der Waals surface area (Å²) in [5.74, 6) is 3.24. The van der Waals surface area contributed by atoms with E-state index in [0.29, 0.717) is 35.4 Å². The number of carbonyl (C=O) groups excluding carboxylic acids is 2. The van der Waals surface area contributed by atoms with Crippen molar-refractivity contribution in [3.8, 4) is 0 Å². The summed E-state index contributed by atoms with van der Waals surface area (Å²) in [5, 5.41) is 0. The number of rotatable bonds is 6. The lowest BCUT2D eigenvalue weighted by atomic mass is 9.43. The first-order chi connectivity index (χ1) is 20.6. The van der Waals surface area contributed by atoms with Gasteiger partial charge < -0.3 is 4.74 Å². The minimum atomic E-state index is -0.149. The van der Waals surface area contributed by atoms with E-state index in [1.54, 1.807) is 13.8 Å². The van der Waals surface area contributed by atoms with Crippen LogP contribution < -0.4 is 0 Å². The lowest BCUT2D eigenvalue weighted by Crippen LogP contribution is -2.59. The topological polar surface area (TPSA) is 43.4 Å². The van der Waals surface area contributed by atoms with Gasteiger partial charge in [-0.05, 0) is 117 Å². The number of ether oxygens (including phenoxy) is 1. The van der Waals surface area contributed by atoms with Gasteiger partial charge in [0, 0.05) is 18.3 Å². The molecule has 3 nitrogen and oxygen atoms in total. The van der Waals surface area contributed by atoms with Crippen LogP contribution in [0.2, 0.25) is 0 Å². The van der Waals surface area contributed by atoms with E-state index < -0.39 is 0 Å². The molecule has 6 rings (SSSR count). The van der Waals surface area contributed by atoms with Crippen LogP contribution in [0.4, 0.5) is 0 Å². The molecule has 0 heterocycles. The molecule has 4 aliphatic carbocycles. The van der Waals surface area contributed by atoms with Gasteiger partial charge in [-0.15, -0.1) is 0 Å². The molecule has 9 atom stereocenters. The molecule has 228 valence electrons. The van der Waals surface area contributed by atoms with Gasteiger partial charge in [0.15, 0.2) is 0 Å². The number of allylic oxidation sites excluding steroid dienone is 3. The van der Waals surface area contributed by atoms with E-state index in [0.717, 1.165) is 32.1 Å². The van der Waals surface area contributed by atoms with Crippen molar-refractivity contribution in [2.24, 2.45) is 46.3 Å². The molecule has 0 spiro atoms. The lowest BCUT2D eigenvalue weighted by molar-refractivity contribution is -0.190. The molecule has 0 amide bonds. The van der Waals surface area contributed by atoms with Crippen molar-refractivity contribution in [3.05, 3.63) is 89.5 Å². The molecule has 3 unspecified atom stereocenters. The Morgan fingerprint density at radius 3 is 2.02 bits per heavy atom. The van der Waals surface area contributed by atoms with Crippen LogP contribution in [0.1, 0.15) is 97.1 Å². The minimum absolute atomic E-state index is 0.0687. The summed E-state index contributed by atoms with van der Waals surface area (Å²) in [5.41, 5.74) is 5.23. The Morgan fingerprint density at radius 2 is 1.42 bits per heavy atom. The summed E-state index contributed by atoms with van der Waals surface area (Å²) >= 11 is 0. The van der Waals surface area contributed by atoms with Gasteiger partial charge in [-0.3, -0.25) is 9.59 Å². The van der Waals surface area contributed by atoms with Crippen molar-refractivity contribution in [3.63, 3.8) is 0 Å². The van der Waals surface area contributed by atoms with Crippen LogP contribution in [0, 0.1) is 46.3 Å². The Balaban J connectivity index is 1.33. The second kappa shape index (κ2) is 11.9. The van der Waals surface area contributed by atoms with Crippen LogP contribution in [0.5, 0.6) is 0 Å². The average molecular weight is 579 g/mol. The largest absolute Gasteiger partial charge is 0.462 e. The molecular weight excluding hydrogens is 528 g/mol. The molecule has 0 N–H and O–H groups in total. The smallest absolute Gasteiger partial charge is 0.302 e. The lowest BCUT2D eigenvalue weighted by Gasteiger charge is -2.62. The van der Waals surface area contributed by atoms with Crippen molar-refractivity contribution < 1.29 is 14.3 Å². The van der Waals surface area contributed by atoms with E-state index in [1.165, 1.54) is 41.5 Å². The van der Waals surface area contributed by atoms with Crippen LogP contribution in [0.3, 0.4) is 0 Å². The van der Waals surface area contributed by atoms with Crippen LogP contribution in [-0.2, 0) is 14.3 Å². The highest BCUT2D eigenvalue weighted by molar-refractivity contribution is 5.81. The molecule has 0 saturated heterocycles. The molecular formula is C40H50O3. The third kappa shape index (κ3) is 5.36. The summed E-state index contributed by atoms with van der Waals surface area (Å²) in [7, 11) is 0. The van der Waals surface area contributed by atoms with Gasteiger partial charge in [-0.25, -0.2) is 0 Å². The molecule has 4 saturated carbocycles. The van der Waals surface area contributed by atoms with E-state index in [-0.39, 0.29) is 28.8 Å². The SMILES string of the molecule is CC(=O)OC1C[C@H]2[C@@H](CCC3CC(C(C)=O)CC[C@@]32C)[C@@H]2CC[C@H](C(C)=CC=C(c3ccccc3)c3ccccc3)[C@@]12C. The standard InChI is InChI=1S/C40H50O3/c1-26(16-18-33(29-12-8-6-9-13-29)30-14-10-7-11-15-30)35-20-21-36-34-19-17-32-24-31(27(2)41)22-23-39(32,4)37(34)25-38(40(35,36)5)43-28(3)42/h6-16,18,31-32,34-38H,17,19-25H2,1-5H3/t31?,32?,34-,35+,36-,37-,38?,39-,40+/m0/s1.